The summed E-state index contributed by atoms with van der Waals surface area (Å²) in [5.41, 5.74) is 0.653. The van der Waals surface area contributed by atoms with Crippen LogP contribution in [-0.2, 0) is 0 Å². The van der Waals surface area contributed by atoms with Crippen molar-refractivity contribution in [3.05, 3.63) is 35.9 Å². The van der Waals surface area contributed by atoms with Gasteiger partial charge in [-0.05, 0) is 24.3 Å². The van der Waals surface area contributed by atoms with E-state index >= 15 is 0 Å². The number of nitrogens with one attached hydrogen (secondary N) is 1. The van der Waals surface area contributed by atoms with Crippen LogP contribution in [-0.4, -0.2) is 35.5 Å². The molecule has 7 heteroatoms. The summed E-state index contributed by atoms with van der Waals surface area (Å²) < 4.78 is 9.90. The van der Waals surface area contributed by atoms with Gasteiger partial charge in [0.05, 0.1) is 14.2 Å². The number of anilines is 2. The van der Waals surface area contributed by atoms with E-state index in [0.29, 0.717) is 11.4 Å². The SMILES string of the molecule is COc1ccc(Nc2nnc(OC)cc2C(=O)O)cc1. The third kappa shape index (κ3) is 2.94. The molecule has 20 heavy (non-hydrogen) atoms. The number of carbonyl (C=O) groups is 1. The first-order valence-corrected chi connectivity index (χ1v) is 5.70. The van der Waals surface area contributed by atoms with Crippen molar-refractivity contribution in [2.75, 3.05) is 19.5 Å². The lowest BCUT2D eigenvalue weighted by molar-refractivity contribution is 0.0697. The molecule has 2 N–H and O–H groups in total. The van der Waals surface area contributed by atoms with Crippen molar-refractivity contribution in [2.45, 2.75) is 0 Å². The van der Waals surface area contributed by atoms with Gasteiger partial charge in [0, 0.05) is 11.8 Å². The van der Waals surface area contributed by atoms with Gasteiger partial charge in [0.2, 0.25) is 5.88 Å². The molecule has 0 aliphatic heterocycles. The predicted molar refractivity (Wildman–Crippen MR) is 71.8 cm³/mol. The first-order chi connectivity index (χ1) is 9.63. The van der Waals surface area contributed by atoms with Crippen molar-refractivity contribution in [2.24, 2.45) is 0 Å². The molecule has 0 aliphatic rings. The van der Waals surface area contributed by atoms with Crippen LogP contribution in [0.1, 0.15) is 10.4 Å². The smallest absolute Gasteiger partial charge is 0.339 e. The van der Waals surface area contributed by atoms with Crippen LogP contribution < -0.4 is 14.8 Å². The molecule has 0 spiro atoms. The summed E-state index contributed by atoms with van der Waals surface area (Å²) in [7, 11) is 2.96. The molecule has 7 nitrogen and oxygen atoms in total. The normalized spacial score (nSPS) is 9.90. The second kappa shape index (κ2) is 5.87. The van der Waals surface area contributed by atoms with E-state index in [9.17, 15) is 4.79 Å². The fourth-order valence-electron chi connectivity index (χ4n) is 1.54. The van der Waals surface area contributed by atoms with Gasteiger partial charge in [-0.1, -0.05) is 0 Å². The number of aromatic carboxylic acids is 1. The third-order valence-electron chi connectivity index (χ3n) is 2.56. The van der Waals surface area contributed by atoms with Crippen molar-refractivity contribution < 1.29 is 19.4 Å². The Kier molecular flexibility index (Phi) is 3.99. The molecule has 1 aromatic heterocycles. The molecule has 0 bridgehead atoms. The number of hydrogen-bond donors (Lipinski definition) is 2. The Balaban J connectivity index is 2.29. The summed E-state index contributed by atoms with van der Waals surface area (Å²) in [4.78, 5) is 11.2. The monoisotopic (exact) mass is 275 g/mol. The molecule has 0 saturated carbocycles. The average Bonchev–Trinajstić information content (AvgIpc) is 2.48. The predicted octanol–water partition coefficient (Wildman–Crippen LogP) is 1.94. The van der Waals surface area contributed by atoms with Crippen molar-refractivity contribution in [1.82, 2.24) is 10.2 Å². The molecule has 0 radical (unpaired) electrons. The number of carboxylic acid groups (broad SMARTS) is 1. The number of aromatic nitrogens is 2. The number of methoxy groups -OCH3 is 2. The molecular weight excluding hydrogens is 262 g/mol. The summed E-state index contributed by atoms with van der Waals surface area (Å²) >= 11 is 0. The molecule has 0 atom stereocenters. The second-order valence-electron chi connectivity index (χ2n) is 3.81. The number of ether oxygens (including phenoxy) is 2. The molecule has 0 aliphatic carbocycles. The molecule has 1 heterocycles. The minimum atomic E-state index is -1.12. The van der Waals surface area contributed by atoms with Gasteiger partial charge in [-0.15, -0.1) is 10.2 Å². The lowest BCUT2D eigenvalue weighted by Crippen LogP contribution is -2.07. The first-order valence-electron chi connectivity index (χ1n) is 5.70. The molecule has 0 fully saturated rings. The van der Waals surface area contributed by atoms with Gasteiger partial charge in [0.15, 0.2) is 5.82 Å². The fourth-order valence-corrected chi connectivity index (χ4v) is 1.54. The van der Waals surface area contributed by atoms with Gasteiger partial charge in [0.25, 0.3) is 0 Å². The largest absolute Gasteiger partial charge is 0.497 e. The van der Waals surface area contributed by atoms with Crippen molar-refractivity contribution in [3.63, 3.8) is 0 Å². The average molecular weight is 275 g/mol. The van der Waals surface area contributed by atoms with E-state index in [1.54, 1.807) is 31.4 Å². The van der Waals surface area contributed by atoms with E-state index in [1.165, 1.54) is 13.2 Å². The maximum atomic E-state index is 11.2. The highest BCUT2D eigenvalue weighted by molar-refractivity contribution is 5.94. The number of nitrogens with zero attached hydrogens (tertiary/aromatic N) is 2. The summed E-state index contributed by atoms with van der Waals surface area (Å²) in [6.45, 7) is 0. The van der Waals surface area contributed by atoms with Crippen LogP contribution in [0, 0.1) is 0 Å². The van der Waals surface area contributed by atoms with E-state index in [1.807, 2.05) is 0 Å². The zero-order valence-electron chi connectivity index (χ0n) is 11.0. The van der Waals surface area contributed by atoms with E-state index in [4.69, 9.17) is 14.6 Å². The van der Waals surface area contributed by atoms with Gasteiger partial charge in [-0.2, -0.15) is 0 Å². The van der Waals surface area contributed by atoms with Crippen LogP contribution in [0.25, 0.3) is 0 Å². The molecule has 0 unspecified atom stereocenters. The summed E-state index contributed by atoms with van der Waals surface area (Å²) in [6.07, 6.45) is 0. The standard InChI is InChI=1S/C13H13N3O4/c1-19-9-5-3-8(4-6-9)14-12-10(13(17)18)7-11(20-2)15-16-12/h3-7H,1-2H3,(H,14,16)(H,17,18). The number of hydrogen-bond acceptors (Lipinski definition) is 6. The topological polar surface area (TPSA) is 93.6 Å². The van der Waals surface area contributed by atoms with Gasteiger partial charge < -0.3 is 19.9 Å². The molecule has 104 valence electrons. The summed E-state index contributed by atoms with van der Waals surface area (Å²) in [5.74, 6) is -0.129. The van der Waals surface area contributed by atoms with Crippen molar-refractivity contribution >= 4 is 17.5 Å². The molecule has 0 amide bonds. The third-order valence-corrected chi connectivity index (χ3v) is 2.56. The highest BCUT2D eigenvalue weighted by atomic mass is 16.5. The van der Waals surface area contributed by atoms with Crippen molar-refractivity contribution in [1.29, 1.82) is 0 Å². The maximum Gasteiger partial charge on any atom is 0.339 e. The molecule has 2 aromatic rings. The Labute approximate surface area is 115 Å². The van der Waals surface area contributed by atoms with Crippen LogP contribution in [0.4, 0.5) is 11.5 Å². The highest BCUT2D eigenvalue weighted by Gasteiger charge is 2.14. The van der Waals surface area contributed by atoms with Gasteiger partial charge >= 0.3 is 5.97 Å². The van der Waals surface area contributed by atoms with E-state index < -0.39 is 5.97 Å². The number of benzene rings is 1. The Morgan fingerprint density at radius 2 is 1.85 bits per heavy atom. The quantitative estimate of drug-likeness (QED) is 0.861. The van der Waals surface area contributed by atoms with Crippen LogP contribution in [0.2, 0.25) is 0 Å². The number of rotatable bonds is 5. The summed E-state index contributed by atoms with van der Waals surface area (Å²) in [5, 5.41) is 19.6. The Bertz CT molecular complexity index is 614. The summed E-state index contributed by atoms with van der Waals surface area (Å²) in [6, 6.07) is 8.30. The lowest BCUT2D eigenvalue weighted by atomic mass is 10.2. The Hall–Kier alpha value is -2.83. The molecule has 2 rings (SSSR count). The minimum absolute atomic E-state index is 0.0207. The number of carboxylic acids is 1. The van der Waals surface area contributed by atoms with E-state index in [0.717, 1.165) is 0 Å². The zero-order chi connectivity index (χ0) is 14.5. The van der Waals surface area contributed by atoms with Gasteiger partial charge in [-0.25, -0.2) is 4.79 Å². The molecule has 0 saturated heterocycles. The Morgan fingerprint density at radius 3 is 2.40 bits per heavy atom. The second-order valence-corrected chi connectivity index (χ2v) is 3.81. The van der Waals surface area contributed by atoms with Gasteiger partial charge in [0.1, 0.15) is 11.3 Å². The molecule has 1 aromatic carbocycles. The first kappa shape index (κ1) is 13.6. The van der Waals surface area contributed by atoms with E-state index in [-0.39, 0.29) is 17.3 Å². The van der Waals surface area contributed by atoms with Crippen LogP contribution in [0.15, 0.2) is 30.3 Å². The van der Waals surface area contributed by atoms with Crippen molar-refractivity contribution in [3.8, 4) is 11.6 Å². The highest BCUT2D eigenvalue weighted by Crippen LogP contribution is 2.22. The minimum Gasteiger partial charge on any atom is -0.497 e. The lowest BCUT2D eigenvalue weighted by Gasteiger charge is -2.09. The Morgan fingerprint density at radius 1 is 1.15 bits per heavy atom. The fraction of sp³-hybridized carbons (Fsp3) is 0.154. The van der Waals surface area contributed by atoms with Gasteiger partial charge in [-0.3, -0.25) is 0 Å². The van der Waals surface area contributed by atoms with Crippen LogP contribution >= 0.6 is 0 Å². The van der Waals surface area contributed by atoms with E-state index in [2.05, 4.69) is 15.5 Å². The van der Waals surface area contributed by atoms with Crippen LogP contribution in [0.5, 0.6) is 11.6 Å². The molecular formula is C13H13N3O4. The zero-order valence-corrected chi connectivity index (χ0v) is 11.0. The maximum absolute atomic E-state index is 11.2. The van der Waals surface area contributed by atoms with Crippen LogP contribution in [0.3, 0.4) is 0 Å².